The number of unbranched alkanes of at least 4 members (excludes halogenated alkanes) is 1. The van der Waals surface area contributed by atoms with E-state index in [-0.39, 0.29) is 25.1 Å². The number of piperazine rings is 1. The highest BCUT2D eigenvalue weighted by atomic mass is 19.1. The molecule has 4 rings (SSSR count). The van der Waals surface area contributed by atoms with Crippen LogP contribution in [0.3, 0.4) is 0 Å². The van der Waals surface area contributed by atoms with E-state index < -0.39 is 11.6 Å². The van der Waals surface area contributed by atoms with Gasteiger partial charge in [-0.1, -0.05) is 34.6 Å². The summed E-state index contributed by atoms with van der Waals surface area (Å²) in [6, 6.07) is 5.95. The van der Waals surface area contributed by atoms with Gasteiger partial charge in [-0.25, -0.2) is 9.07 Å². The van der Waals surface area contributed by atoms with E-state index in [0.29, 0.717) is 31.7 Å². The number of piperidine rings is 1. The number of hydrogen-bond acceptors (Lipinski definition) is 4. The summed E-state index contributed by atoms with van der Waals surface area (Å²) in [5.74, 6) is 0.166. The van der Waals surface area contributed by atoms with Crippen molar-refractivity contribution in [2.45, 2.75) is 92.3 Å². The molecule has 1 atom stereocenters. The minimum Gasteiger partial charge on any atom is -0.342 e. The molecule has 0 aliphatic carbocycles. The number of nitrogens with zero attached hydrogens (tertiary/aromatic N) is 4. The molecule has 204 valence electrons. The van der Waals surface area contributed by atoms with Gasteiger partial charge < -0.3 is 10.2 Å². The van der Waals surface area contributed by atoms with Crippen LogP contribution < -0.4 is 5.32 Å². The van der Waals surface area contributed by atoms with Crippen molar-refractivity contribution in [3.63, 3.8) is 0 Å². The molecule has 1 aromatic heterocycles. The van der Waals surface area contributed by atoms with Gasteiger partial charge in [0, 0.05) is 37.4 Å². The van der Waals surface area contributed by atoms with Crippen molar-refractivity contribution in [1.29, 1.82) is 0 Å². The number of aromatic nitrogens is 2. The zero-order valence-electron chi connectivity index (χ0n) is 22.3. The lowest BCUT2D eigenvalue weighted by Crippen LogP contribution is -2.73. The second kappa shape index (κ2) is 11.8. The number of amides is 2. The van der Waals surface area contributed by atoms with E-state index in [0.717, 1.165) is 55.1 Å². The van der Waals surface area contributed by atoms with Crippen LogP contribution in [0.25, 0.3) is 5.69 Å². The third-order valence-corrected chi connectivity index (χ3v) is 7.83. The molecule has 2 aromatic rings. The van der Waals surface area contributed by atoms with Crippen molar-refractivity contribution in [3.05, 3.63) is 47.0 Å². The quantitative estimate of drug-likeness (QED) is 0.552. The van der Waals surface area contributed by atoms with Crippen LogP contribution in [0, 0.1) is 25.6 Å². The fraction of sp³-hybridized carbons (Fsp3) is 0.621. The molecule has 0 bridgehead atoms. The topological polar surface area (TPSA) is 70.5 Å². The smallest absolute Gasteiger partial charge is 0.246 e. The fourth-order valence-electron chi connectivity index (χ4n) is 5.69. The highest BCUT2D eigenvalue weighted by Gasteiger charge is 2.53. The van der Waals surface area contributed by atoms with Crippen LogP contribution in [0.4, 0.5) is 4.39 Å². The van der Waals surface area contributed by atoms with Crippen LogP contribution in [-0.2, 0) is 16.1 Å². The third kappa shape index (κ3) is 5.74. The molecular formula is C29H44FN5O2. The molecule has 3 heterocycles. The Morgan fingerprint density at radius 3 is 2.38 bits per heavy atom. The number of likely N-dealkylation sites (tertiary alicyclic amines) is 1. The monoisotopic (exact) mass is 513 g/mol. The van der Waals surface area contributed by atoms with Gasteiger partial charge in [0.15, 0.2) is 0 Å². The lowest BCUT2D eigenvalue weighted by Gasteiger charge is -2.52. The molecule has 7 nitrogen and oxygen atoms in total. The Bertz CT molecular complexity index is 1090. The molecule has 2 aliphatic rings. The molecule has 8 heteroatoms. The zero-order chi connectivity index (χ0) is 26.0. The molecular weight excluding hydrogens is 469 g/mol. The summed E-state index contributed by atoms with van der Waals surface area (Å²) in [6.45, 7) is 13.2. The predicted octanol–water partition coefficient (Wildman–Crippen LogP) is 4.77. The number of rotatable bonds is 8. The van der Waals surface area contributed by atoms with Crippen molar-refractivity contribution in [3.8, 4) is 5.69 Å². The lowest BCUT2D eigenvalue weighted by atomic mass is 9.80. The van der Waals surface area contributed by atoms with E-state index >= 15 is 0 Å². The van der Waals surface area contributed by atoms with Crippen molar-refractivity contribution in [2.24, 2.45) is 5.92 Å². The van der Waals surface area contributed by atoms with Crippen LogP contribution in [-0.4, -0.2) is 62.6 Å². The number of aryl methyl sites for hydroxylation is 1. The summed E-state index contributed by atoms with van der Waals surface area (Å²) < 4.78 is 15.2. The number of carbonyl (C=O) groups is 2. The predicted molar refractivity (Wildman–Crippen MR) is 145 cm³/mol. The average molecular weight is 514 g/mol. The first kappa shape index (κ1) is 28.8. The Morgan fingerprint density at radius 1 is 1.14 bits per heavy atom. The van der Waals surface area contributed by atoms with E-state index in [1.54, 1.807) is 12.1 Å². The van der Waals surface area contributed by atoms with Gasteiger partial charge in [-0.3, -0.25) is 14.5 Å². The Balaban J connectivity index is 0.00000380. The molecule has 37 heavy (non-hydrogen) atoms. The Kier molecular flexibility index (Phi) is 9.16. The van der Waals surface area contributed by atoms with Gasteiger partial charge in [-0.15, -0.1) is 0 Å². The highest BCUT2D eigenvalue weighted by molar-refractivity contribution is 6.00. The summed E-state index contributed by atoms with van der Waals surface area (Å²) >= 11 is 0. The molecule has 2 aliphatic heterocycles. The summed E-state index contributed by atoms with van der Waals surface area (Å²) in [5.41, 5.74) is 3.22. The van der Waals surface area contributed by atoms with E-state index in [9.17, 15) is 14.0 Å². The minimum atomic E-state index is -0.751. The minimum absolute atomic E-state index is 0. The SMILES string of the molecule is C.CCCCN1C(=O)[C@H](CC(C)C)NC(=O)C12CCN(Cc1c(C)nn(-c3ccc(F)cc3)c1C)CC2. The summed E-state index contributed by atoms with van der Waals surface area (Å²) in [4.78, 5) is 31.2. The van der Waals surface area contributed by atoms with Crippen LogP contribution >= 0.6 is 0 Å². The van der Waals surface area contributed by atoms with Gasteiger partial charge >= 0.3 is 0 Å². The van der Waals surface area contributed by atoms with Crippen molar-refractivity contribution in [2.75, 3.05) is 19.6 Å². The Morgan fingerprint density at radius 2 is 1.78 bits per heavy atom. The molecule has 1 spiro atoms. The van der Waals surface area contributed by atoms with Gasteiger partial charge in [0.25, 0.3) is 0 Å². The van der Waals surface area contributed by atoms with Gasteiger partial charge in [0.2, 0.25) is 11.8 Å². The number of carbonyl (C=O) groups excluding carboxylic acids is 2. The van der Waals surface area contributed by atoms with Crippen LogP contribution in [0.1, 0.15) is 77.3 Å². The molecule has 1 N–H and O–H groups in total. The first-order valence-corrected chi connectivity index (χ1v) is 13.3. The molecule has 2 amide bonds. The second-order valence-electron chi connectivity index (χ2n) is 10.8. The molecule has 0 radical (unpaired) electrons. The van der Waals surface area contributed by atoms with E-state index in [2.05, 4.69) is 31.0 Å². The average Bonchev–Trinajstić information content (AvgIpc) is 3.12. The maximum atomic E-state index is 13.5. The first-order chi connectivity index (χ1) is 17.2. The lowest BCUT2D eigenvalue weighted by molar-refractivity contribution is -0.161. The highest BCUT2D eigenvalue weighted by Crippen LogP contribution is 2.35. The van der Waals surface area contributed by atoms with Crippen molar-refractivity contribution < 1.29 is 14.0 Å². The van der Waals surface area contributed by atoms with Gasteiger partial charge in [-0.2, -0.15) is 5.10 Å². The van der Waals surface area contributed by atoms with Crippen LogP contribution in [0.2, 0.25) is 0 Å². The maximum Gasteiger partial charge on any atom is 0.246 e. The summed E-state index contributed by atoms with van der Waals surface area (Å²) in [5, 5.41) is 7.79. The largest absolute Gasteiger partial charge is 0.342 e. The van der Waals surface area contributed by atoms with Crippen LogP contribution in [0.5, 0.6) is 0 Å². The van der Waals surface area contributed by atoms with Gasteiger partial charge in [-0.05, 0) is 69.7 Å². The Labute approximate surface area is 221 Å². The normalized spacial score (nSPS) is 19.9. The van der Waals surface area contributed by atoms with E-state index in [1.165, 1.54) is 12.1 Å². The zero-order valence-corrected chi connectivity index (χ0v) is 22.3. The third-order valence-electron chi connectivity index (χ3n) is 7.83. The summed E-state index contributed by atoms with van der Waals surface area (Å²) in [7, 11) is 0. The standard InChI is InChI=1S/C28H40FN5O2.CH4/c1-6-7-14-33-26(35)25(17-19(2)3)30-27(36)28(33)12-15-32(16-13-28)18-24-20(4)31-34(21(24)5)23-10-8-22(29)9-11-23;/h8-11,19,25H,6-7,12-18H2,1-5H3,(H,30,36);1H4/t25-;/m0./s1. The van der Waals surface area contributed by atoms with Crippen molar-refractivity contribution >= 4 is 11.8 Å². The van der Waals surface area contributed by atoms with Crippen molar-refractivity contribution in [1.82, 2.24) is 24.9 Å². The molecule has 0 saturated carbocycles. The van der Waals surface area contributed by atoms with Crippen LogP contribution in [0.15, 0.2) is 24.3 Å². The Hall–Kier alpha value is -2.74. The molecule has 2 saturated heterocycles. The fourth-order valence-corrected chi connectivity index (χ4v) is 5.69. The molecule has 0 unspecified atom stereocenters. The van der Waals surface area contributed by atoms with Gasteiger partial charge in [0.05, 0.1) is 11.4 Å². The van der Waals surface area contributed by atoms with E-state index in [1.807, 2.05) is 23.4 Å². The number of benzene rings is 1. The number of nitrogens with one attached hydrogen (secondary N) is 1. The second-order valence-corrected chi connectivity index (χ2v) is 10.8. The molecule has 2 fully saturated rings. The van der Waals surface area contributed by atoms with E-state index in [4.69, 9.17) is 5.10 Å². The number of hydrogen-bond donors (Lipinski definition) is 1. The number of halogens is 1. The molecule has 1 aromatic carbocycles. The van der Waals surface area contributed by atoms with Gasteiger partial charge in [0.1, 0.15) is 17.4 Å². The first-order valence-electron chi connectivity index (χ1n) is 13.3. The summed E-state index contributed by atoms with van der Waals surface area (Å²) in [6.07, 6.45) is 3.82. The maximum absolute atomic E-state index is 13.5.